The second-order valence-corrected chi connectivity index (χ2v) is 7.90. The predicted octanol–water partition coefficient (Wildman–Crippen LogP) is 3.33. The molecule has 2 N–H and O–H groups in total. The molecular formula is C20H29ClN2O. The van der Waals surface area contributed by atoms with Crippen molar-refractivity contribution in [2.24, 2.45) is 17.3 Å². The number of carbonyl (C=O) groups excluding carboxylic acids is 1. The molecule has 2 saturated carbocycles. The maximum atomic E-state index is 13.2. The minimum atomic E-state index is -0.150. The summed E-state index contributed by atoms with van der Waals surface area (Å²) in [7, 11) is 0. The third kappa shape index (κ3) is 3.34. The predicted molar refractivity (Wildman–Crippen MR) is 99.3 cm³/mol. The van der Waals surface area contributed by atoms with E-state index < -0.39 is 0 Å². The van der Waals surface area contributed by atoms with Crippen LogP contribution in [0.25, 0.3) is 0 Å². The Morgan fingerprint density at radius 1 is 1.21 bits per heavy atom. The van der Waals surface area contributed by atoms with Crippen LogP contribution in [0, 0.1) is 17.3 Å². The zero-order chi connectivity index (χ0) is 15.7. The quantitative estimate of drug-likeness (QED) is 0.857. The molecule has 2 bridgehead atoms. The highest BCUT2D eigenvalue weighted by Crippen LogP contribution is 2.57. The first-order chi connectivity index (χ1) is 11.3. The molecule has 24 heavy (non-hydrogen) atoms. The topological polar surface area (TPSA) is 41.1 Å². The first-order valence-corrected chi connectivity index (χ1v) is 9.32. The lowest BCUT2D eigenvalue weighted by atomic mass is 9.68. The number of rotatable bonds is 5. The standard InChI is InChI=1S/C20H28N2O.ClH/c23-19(22-14-18-7-4-10-21-18)20(12-15-5-2-1-3-6-15)13-16-8-9-17(20)11-16;/h1-3,5-6,16-18,21H,4,7-14H2,(H,22,23);1H. The number of halogens is 1. The van der Waals surface area contributed by atoms with Gasteiger partial charge in [0.05, 0.1) is 5.41 Å². The lowest BCUT2D eigenvalue weighted by Gasteiger charge is -2.37. The smallest absolute Gasteiger partial charge is 0.226 e. The number of benzene rings is 1. The molecule has 2 aliphatic carbocycles. The second-order valence-electron chi connectivity index (χ2n) is 7.90. The Hall–Kier alpha value is -1.06. The van der Waals surface area contributed by atoms with Crippen LogP contribution in [0.1, 0.15) is 44.1 Å². The third-order valence-electron chi connectivity index (χ3n) is 6.46. The summed E-state index contributed by atoms with van der Waals surface area (Å²) in [6.45, 7) is 1.90. The van der Waals surface area contributed by atoms with Crippen LogP contribution in [0.2, 0.25) is 0 Å². The zero-order valence-electron chi connectivity index (χ0n) is 14.3. The first kappa shape index (κ1) is 17.8. The lowest BCUT2D eigenvalue weighted by Crippen LogP contribution is -2.49. The van der Waals surface area contributed by atoms with Crippen molar-refractivity contribution in [1.82, 2.24) is 10.6 Å². The van der Waals surface area contributed by atoms with E-state index in [9.17, 15) is 4.79 Å². The molecule has 1 aromatic rings. The number of hydrogen-bond acceptors (Lipinski definition) is 2. The van der Waals surface area contributed by atoms with Gasteiger partial charge in [0.2, 0.25) is 5.91 Å². The van der Waals surface area contributed by atoms with Crippen LogP contribution in [-0.4, -0.2) is 25.0 Å². The minimum Gasteiger partial charge on any atom is -0.354 e. The average Bonchev–Trinajstić information content (AvgIpc) is 3.31. The molecule has 4 rings (SSSR count). The number of carbonyl (C=O) groups is 1. The first-order valence-electron chi connectivity index (χ1n) is 9.32. The molecule has 4 unspecified atom stereocenters. The van der Waals surface area contributed by atoms with E-state index in [4.69, 9.17) is 0 Å². The molecule has 4 heteroatoms. The van der Waals surface area contributed by atoms with Gasteiger partial charge in [0.15, 0.2) is 0 Å². The van der Waals surface area contributed by atoms with Crippen molar-refractivity contribution < 1.29 is 4.79 Å². The van der Waals surface area contributed by atoms with Gasteiger partial charge < -0.3 is 10.6 Å². The Morgan fingerprint density at radius 3 is 2.67 bits per heavy atom. The van der Waals surface area contributed by atoms with Gasteiger partial charge in [-0.25, -0.2) is 0 Å². The molecule has 3 fully saturated rings. The zero-order valence-corrected chi connectivity index (χ0v) is 15.1. The van der Waals surface area contributed by atoms with Crippen molar-refractivity contribution in [1.29, 1.82) is 0 Å². The molecule has 0 radical (unpaired) electrons. The normalized spacial score (nSPS) is 34.1. The van der Waals surface area contributed by atoms with Gasteiger partial charge in [-0.15, -0.1) is 12.4 Å². The van der Waals surface area contributed by atoms with Gasteiger partial charge in [-0.2, -0.15) is 0 Å². The molecule has 4 atom stereocenters. The summed E-state index contributed by atoms with van der Waals surface area (Å²) in [6, 6.07) is 11.1. The monoisotopic (exact) mass is 348 g/mol. The maximum Gasteiger partial charge on any atom is 0.226 e. The second kappa shape index (κ2) is 7.45. The average molecular weight is 349 g/mol. The van der Waals surface area contributed by atoms with Crippen LogP contribution in [-0.2, 0) is 11.2 Å². The summed E-state index contributed by atoms with van der Waals surface area (Å²) in [5.74, 6) is 1.69. The van der Waals surface area contributed by atoms with E-state index in [0.717, 1.165) is 31.8 Å². The summed E-state index contributed by atoms with van der Waals surface area (Å²) in [5, 5.41) is 6.80. The van der Waals surface area contributed by atoms with Crippen molar-refractivity contribution in [3.8, 4) is 0 Å². The van der Waals surface area contributed by atoms with E-state index in [-0.39, 0.29) is 17.8 Å². The van der Waals surface area contributed by atoms with E-state index in [1.165, 1.54) is 37.7 Å². The van der Waals surface area contributed by atoms with Gasteiger partial charge in [-0.05, 0) is 62.5 Å². The molecular weight excluding hydrogens is 320 g/mol. The Labute approximate surface area is 151 Å². The van der Waals surface area contributed by atoms with Crippen molar-refractivity contribution >= 4 is 18.3 Å². The fourth-order valence-corrected chi connectivity index (χ4v) is 5.30. The van der Waals surface area contributed by atoms with Crippen molar-refractivity contribution in [2.45, 2.75) is 51.0 Å². The fourth-order valence-electron chi connectivity index (χ4n) is 5.30. The van der Waals surface area contributed by atoms with Gasteiger partial charge in [0.25, 0.3) is 0 Å². The lowest BCUT2D eigenvalue weighted by molar-refractivity contribution is -0.134. The number of fused-ring (bicyclic) bond motifs is 2. The highest BCUT2D eigenvalue weighted by atomic mass is 35.5. The third-order valence-corrected chi connectivity index (χ3v) is 6.46. The molecule has 0 aromatic heterocycles. The van der Waals surface area contributed by atoms with Crippen LogP contribution in [0.3, 0.4) is 0 Å². The molecule has 1 heterocycles. The summed E-state index contributed by atoms with van der Waals surface area (Å²) >= 11 is 0. The van der Waals surface area contributed by atoms with Gasteiger partial charge in [-0.1, -0.05) is 36.8 Å². The van der Waals surface area contributed by atoms with E-state index in [2.05, 4.69) is 41.0 Å². The molecule has 3 aliphatic rings. The van der Waals surface area contributed by atoms with Crippen LogP contribution in [0.4, 0.5) is 0 Å². The molecule has 1 amide bonds. The van der Waals surface area contributed by atoms with Gasteiger partial charge in [-0.3, -0.25) is 4.79 Å². The largest absolute Gasteiger partial charge is 0.354 e. The SMILES string of the molecule is Cl.O=C(NCC1CCCN1)C1(Cc2ccccc2)CC2CCC1C2. The Balaban J connectivity index is 0.00000169. The highest BCUT2D eigenvalue weighted by Gasteiger charge is 2.55. The van der Waals surface area contributed by atoms with Gasteiger partial charge in [0.1, 0.15) is 0 Å². The van der Waals surface area contributed by atoms with E-state index in [1.807, 2.05) is 0 Å². The van der Waals surface area contributed by atoms with Crippen molar-refractivity contribution in [3.63, 3.8) is 0 Å². The van der Waals surface area contributed by atoms with Crippen LogP contribution < -0.4 is 10.6 Å². The Morgan fingerprint density at radius 2 is 2.04 bits per heavy atom. The number of nitrogens with one attached hydrogen (secondary N) is 2. The highest BCUT2D eigenvalue weighted by molar-refractivity contribution is 5.85. The molecule has 1 aliphatic heterocycles. The summed E-state index contributed by atoms with van der Waals surface area (Å²) in [6.07, 6.45) is 8.28. The van der Waals surface area contributed by atoms with Crippen molar-refractivity contribution in [3.05, 3.63) is 35.9 Å². The van der Waals surface area contributed by atoms with E-state index in [1.54, 1.807) is 0 Å². The minimum absolute atomic E-state index is 0. The summed E-state index contributed by atoms with van der Waals surface area (Å²) in [5.41, 5.74) is 1.16. The fraction of sp³-hybridized carbons (Fsp3) is 0.650. The van der Waals surface area contributed by atoms with Crippen molar-refractivity contribution in [2.75, 3.05) is 13.1 Å². The van der Waals surface area contributed by atoms with Gasteiger partial charge >= 0.3 is 0 Å². The summed E-state index contributed by atoms with van der Waals surface area (Å²) in [4.78, 5) is 13.2. The van der Waals surface area contributed by atoms with Crippen LogP contribution >= 0.6 is 12.4 Å². The Bertz CT molecular complexity index is 558. The molecule has 1 saturated heterocycles. The Kier molecular flexibility index (Phi) is 5.51. The van der Waals surface area contributed by atoms with Crippen LogP contribution in [0.5, 0.6) is 0 Å². The number of hydrogen-bond donors (Lipinski definition) is 2. The van der Waals surface area contributed by atoms with Crippen LogP contribution in [0.15, 0.2) is 30.3 Å². The molecule has 1 aromatic carbocycles. The summed E-state index contributed by atoms with van der Waals surface area (Å²) < 4.78 is 0. The molecule has 3 nitrogen and oxygen atoms in total. The molecule has 132 valence electrons. The number of amides is 1. The van der Waals surface area contributed by atoms with Gasteiger partial charge in [0, 0.05) is 12.6 Å². The molecule has 0 spiro atoms. The maximum absolute atomic E-state index is 13.2. The van der Waals surface area contributed by atoms with E-state index in [0.29, 0.717) is 17.9 Å². The van der Waals surface area contributed by atoms with E-state index >= 15 is 0 Å².